The Balaban J connectivity index is 1.20. The summed E-state index contributed by atoms with van der Waals surface area (Å²) in [6.45, 7) is 4.70. The third-order valence-electron chi connectivity index (χ3n) is 11.4. The van der Waals surface area contributed by atoms with Gasteiger partial charge in [-0.15, -0.1) is 0 Å². The zero-order valence-electron chi connectivity index (χ0n) is 31.2. The molecule has 6 nitrogen and oxygen atoms in total. The second kappa shape index (κ2) is 13.3. The molecule has 272 valence electrons. The van der Waals surface area contributed by atoms with Gasteiger partial charge in [0.05, 0.1) is 37.8 Å². The van der Waals surface area contributed by atoms with Gasteiger partial charge < -0.3 is 28.7 Å². The van der Waals surface area contributed by atoms with Crippen molar-refractivity contribution in [3.63, 3.8) is 0 Å². The average molecular weight is 731 g/mol. The Morgan fingerprint density at radius 2 is 0.857 bits per heavy atom. The normalized spacial score (nSPS) is 14.9. The molecule has 0 spiro atoms. The van der Waals surface area contributed by atoms with Crippen LogP contribution in [0.2, 0.25) is 0 Å². The number of ether oxygens (including phenoxy) is 4. The Labute approximate surface area is 327 Å². The first-order chi connectivity index (χ1) is 27.7. The van der Waals surface area contributed by atoms with Crippen LogP contribution in [-0.2, 0) is 0 Å². The van der Waals surface area contributed by atoms with E-state index in [1.54, 1.807) is 0 Å². The second-order valence-corrected chi connectivity index (χ2v) is 15.0. The van der Waals surface area contributed by atoms with Crippen LogP contribution in [0.4, 0.5) is 34.1 Å². The van der Waals surface area contributed by atoms with Crippen LogP contribution in [0.25, 0.3) is 22.3 Å². The molecule has 0 saturated heterocycles. The maximum atomic E-state index is 6.28. The number of aryl methyl sites for hydroxylation is 1. The summed E-state index contributed by atoms with van der Waals surface area (Å²) in [4.78, 5) is 4.86. The van der Waals surface area contributed by atoms with Gasteiger partial charge in [-0.25, -0.2) is 0 Å². The van der Waals surface area contributed by atoms with E-state index in [4.69, 9.17) is 18.9 Å². The Bertz CT molecular complexity index is 2470. The number of fused-ring (bicyclic) bond motifs is 6. The first-order valence-corrected chi connectivity index (χ1v) is 19.6. The van der Waals surface area contributed by atoms with Crippen molar-refractivity contribution in [1.82, 2.24) is 0 Å². The molecule has 0 radical (unpaired) electrons. The molecular weight excluding hydrogens is 691 g/mol. The SMILES string of the molecule is Cc1cc2c3c(c1)N(c1ccc4c(c1)OCCCO4)c1ccc(-c4ccccc4)cc1B3c1cc(-c3ccccc3)ccc1N2c1ccc2c(c1)OCCCO2. The zero-order chi connectivity index (χ0) is 37.2. The molecule has 4 heterocycles. The van der Waals surface area contributed by atoms with Crippen molar-refractivity contribution in [1.29, 1.82) is 0 Å². The fourth-order valence-electron chi connectivity index (χ4n) is 8.90. The highest BCUT2D eigenvalue weighted by atomic mass is 16.5. The molecule has 56 heavy (non-hydrogen) atoms. The van der Waals surface area contributed by atoms with E-state index in [0.717, 1.165) is 70.0 Å². The Kier molecular flexibility index (Phi) is 7.80. The molecule has 0 aliphatic carbocycles. The Morgan fingerprint density at radius 1 is 0.411 bits per heavy atom. The van der Waals surface area contributed by atoms with Gasteiger partial charge in [0, 0.05) is 47.7 Å². The lowest BCUT2D eigenvalue weighted by atomic mass is 9.33. The topological polar surface area (TPSA) is 43.4 Å². The van der Waals surface area contributed by atoms with Crippen LogP contribution in [0.3, 0.4) is 0 Å². The van der Waals surface area contributed by atoms with E-state index < -0.39 is 0 Å². The lowest BCUT2D eigenvalue weighted by Crippen LogP contribution is -2.61. The van der Waals surface area contributed by atoms with E-state index in [9.17, 15) is 0 Å². The number of anilines is 6. The summed E-state index contributed by atoms with van der Waals surface area (Å²) in [6.07, 6.45) is 1.71. The maximum Gasteiger partial charge on any atom is 0.252 e. The second-order valence-electron chi connectivity index (χ2n) is 15.0. The third-order valence-corrected chi connectivity index (χ3v) is 11.4. The molecule has 0 saturated carbocycles. The van der Waals surface area contributed by atoms with Gasteiger partial charge in [0.25, 0.3) is 6.71 Å². The molecular formula is C49H39BN2O4. The summed E-state index contributed by atoms with van der Waals surface area (Å²) in [6, 6.07) is 52.8. The minimum Gasteiger partial charge on any atom is -0.490 e. The predicted molar refractivity (Wildman–Crippen MR) is 227 cm³/mol. The van der Waals surface area contributed by atoms with E-state index in [1.165, 1.54) is 44.2 Å². The molecule has 0 fully saturated rings. The number of hydrogen-bond donors (Lipinski definition) is 0. The predicted octanol–water partition coefficient (Wildman–Crippen LogP) is 9.73. The van der Waals surface area contributed by atoms with Crippen LogP contribution in [0.5, 0.6) is 23.0 Å². The summed E-state index contributed by atoms with van der Waals surface area (Å²) in [7, 11) is 0. The zero-order valence-corrected chi connectivity index (χ0v) is 31.2. The molecule has 0 amide bonds. The largest absolute Gasteiger partial charge is 0.490 e. The number of rotatable bonds is 4. The lowest BCUT2D eigenvalue weighted by molar-refractivity contribution is 0.296. The van der Waals surface area contributed by atoms with Crippen LogP contribution >= 0.6 is 0 Å². The monoisotopic (exact) mass is 730 g/mol. The minimum absolute atomic E-state index is 0.0498. The first-order valence-electron chi connectivity index (χ1n) is 19.6. The quantitative estimate of drug-likeness (QED) is 0.168. The van der Waals surface area contributed by atoms with Gasteiger partial charge in [0.15, 0.2) is 23.0 Å². The number of nitrogens with zero attached hydrogens (tertiary/aromatic N) is 2. The van der Waals surface area contributed by atoms with E-state index in [-0.39, 0.29) is 6.71 Å². The highest BCUT2D eigenvalue weighted by Gasteiger charge is 2.44. The Hall–Kier alpha value is -6.60. The molecule has 0 N–H and O–H groups in total. The van der Waals surface area contributed by atoms with Crippen LogP contribution in [0.15, 0.2) is 146 Å². The molecule has 4 aliphatic rings. The maximum absolute atomic E-state index is 6.28. The molecule has 0 aromatic heterocycles. The highest BCUT2D eigenvalue weighted by Crippen LogP contribution is 2.48. The van der Waals surface area contributed by atoms with Crippen LogP contribution in [0, 0.1) is 6.92 Å². The standard InChI is InChI=1S/C49H39BN2O4/c1-32-26-43-49-44(27-32)52(38-17-21-46-48(31-38)56-25-9-23-54-46)42-19-15-36(34-12-6-3-7-13-34)29-40(42)50(49)39-28-35(33-10-4-2-5-11-33)14-18-41(39)51(43)37-16-20-45-47(30-37)55-24-8-22-53-45/h2-7,10-21,26-31H,8-9,22-25H2,1H3. The summed E-state index contributed by atoms with van der Waals surface area (Å²) >= 11 is 0. The molecule has 11 rings (SSSR count). The molecule has 0 bridgehead atoms. The molecule has 0 atom stereocenters. The third kappa shape index (κ3) is 5.41. The van der Waals surface area contributed by atoms with Crippen LogP contribution in [0.1, 0.15) is 18.4 Å². The molecule has 7 aromatic rings. The van der Waals surface area contributed by atoms with Gasteiger partial charge in [-0.3, -0.25) is 0 Å². The summed E-state index contributed by atoms with van der Waals surface area (Å²) in [5.74, 6) is 3.13. The lowest BCUT2D eigenvalue weighted by Gasteiger charge is -2.44. The fraction of sp³-hybridized carbons (Fsp3) is 0.143. The Morgan fingerprint density at radius 3 is 1.32 bits per heavy atom. The van der Waals surface area contributed by atoms with Crippen molar-refractivity contribution in [3.8, 4) is 45.3 Å². The minimum atomic E-state index is -0.0498. The first kappa shape index (κ1) is 32.8. The fourth-order valence-corrected chi connectivity index (χ4v) is 8.90. The van der Waals surface area contributed by atoms with E-state index in [2.05, 4.69) is 162 Å². The van der Waals surface area contributed by atoms with Crippen LogP contribution in [-0.4, -0.2) is 33.1 Å². The summed E-state index contributed by atoms with van der Waals surface area (Å²) < 4.78 is 24.8. The van der Waals surface area contributed by atoms with E-state index in [1.807, 2.05) is 0 Å². The molecule has 0 unspecified atom stereocenters. The van der Waals surface area contributed by atoms with Crippen molar-refractivity contribution in [2.24, 2.45) is 0 Å². The van der Waals surface area contributed by atoms with Gasteiger partial charge in [0.2, 0.25) is 0 Å². The highest BCUT2D eigenvalue weighted by molar-refractivity contribution is 7.00. The summed E-state index contributed by atoms with van der Waals surface area (Å²) in [5, 5.41) is 0. The smallest absolute Gasteiger partial charge is 0.252 e. The van der Waals surface area contributed by atoms with Crippen molar-refractivity contribution >= 4 is 57.2 Å². The number of benzene rings is 7. The van der Waals surface area contributed by atoms with Gasteiger partial charge in [-0.2, -0.15) is 0 Å². The van der Waals surface area contributed by atoms with Crippen molar-refractivity contribution < 1.29 is 18.9 Å². The molecule has 4 aliphatic heterocycles. The molecule has 7 aromatic carbocycles. The van der Waals surface area contributed by atoms with Crippen molar-refractivity contribution in [2.45, 2.75) is 19.8 Å². The molecule has 7 heteroatoms. The van der Waals surface area contributed by atoms with Gasteiger partial charge in [-0.05, 0) is 99.7 Å². The van der Waals surface area contributed by atoms with Gasteiger partial charge in [-0.1, -0.05) is 84.9 Å². The number of hydrogen-bond acceptors (Lipinski definition) is 6. The van der Waals surface area contributed by atoms with E-state index in [0.29, 0.717) is 26.4 Å². The average Bonchev–Trinajstić information content (AvgIpc) is 3.64. The van der Waals surface area contributed by atoms with E-state index >= 15 is 0 Å². The van der Waals surface area contributed by atoms with Crippen LogP contribution < -0.4 is 45.1 Å². The van der Waals surface area contributed by atoms with Gasteiger partial charge >= 0.3 is 0 Å². The summed E-state index contributed by atoms with van der Waals surface area (Å²) in [5.41, 5.74) is 16.3. The van der Waals surface area contributed by atoms with Crippen molar-refractivity contribution in [3.05, 3.63) is 151 Å². The van der Waals surface area contributed by atoms with Gasteiger partial charge in [0.1, 0.15) is 0 Å². The van der Waals surface area contributed by atoms with Crippen molar-refractivity contribution in [2.75, 3.05) is 36.2 Å².